The lowest BCUT2D eigenvalue weighted by atomic mass is 10.2. The van der Waals surface area contributed by atoms with E-state index < -0.39 is 5.97 Å². The summed E-state index contributed by atoms with van der Waals surface area (Å²) >= 11 is 1.35. The first-order valence-corrected chi connectivity index (χ1v) is 7.96. The third-order valence-corrected chi connectivity index (χ3v) is 4.03. The number of aromatic nitrogens is 1. The van der Waals surface area contributed by atoms with Crippen LogP contribution < -0.4 is 5.32 Å². The van der Waals surface area contributed by atoms with Gasteiger partial charge < -0.3 is 10.1 Å². The van der Waals surface area contributed by atoms with Gasteiger partial charge in [-0.1, -0.05) is 11.8 Å². The van der Waals surface area contributed by atoms with E-state index in [0.717, 1.165) is 4.90 Å². The number of allylic oxidation sites excluding steroid dienone is 2. The van der Waals surface area contributed by atoms with Crippen LogP contribution in [0, 0.1) is 34.0 Å². The molecule has 2 aromatic rings. The molecular formula is C18H11N5O2S. The number of methoxy groups -OCH3 is 1. The Labute approximate surface area is 154 Å². The van der Waals surface area contributed by atoms with Crippen molar-refractivity contribution in [2.45, 2.75) is 9.92 Å². The number of nitrogens with zero attached hydrogens (tertiary/aromatic N) is 4. The van der Waals surface area contributed by atoms with E-state index in [4.69, 9.17) is 15.8 Å². The maximum atomic E-state index is 11.6. The predicted molar refractivity (Wildman–Crippen MR) is 93.6 cm³/mol. The minimum Gasteiger partial charge on any atom is -0.465 e. The largest absolute Gasteiger partial charge is 0.465 e. The molecule has 0 aliphatic carbocycles. The average Bonchev–Trinajstić information content (AvgIpc) is 2.69. The molecule has 0 saturated carbocycles. The van der Waals surface area contributed by atoms with Crippen molar-refractivity contribution < 1.29 is 9.53 Å². The van der Waals surface area contributed by atoms with Crippen molar-refractivity contribution in [3.8, 4) is 18.2 Å². The summed E-state index contributed by atoms with van der Waals surface area (Å²) in [4.78, 5) is 16.6. The molecule has 26 heavy (non-hydrogen) atoms. The van der Waals surface area contributed by atoms with Crippen molar-refractivity contribution in [3.63, 3.8) is 0 Å². The zero-order valence-corrected chi connectivity index (χ0v) is 14.4. The van der Waals surface area contributed by atoms with Gasteiger partial charge in [0, 0.05) is 16.8 Å². The average molecular weight is 361 g/mol. The standard InChI is InChI=1S/C18H11N5O2S/c1-25-18(24)12-6-7-22-17(8-12)26-15-4-2-14(3-5-15)23-16(11-21)13(9-19)10-20/h2-8,23H,1H3. The lowest BCUT2D eigenvalue weighted by Crippen LogP contribution is -2.01. The van der Waals surface area contributed by atoms with Gasteiger partial charge in [-0.2, -0.15) is 15.8 Å². The zero-order chi connectivity index (χ0) is 18.9. The lowest BCUT2D eigenvalue weighted by molar-refractivity contribution is 0.0600. The van der Waals surface area contributed by atoms with Crippen LogP contribution >= 0.6 is 11.8 Å². The molecule has 126 valence electrons. The molecule has 0 fully saturated rings. The second-order valence-electron chi connectivity index (χ2n) is 4.71. The molecule has 1 aromatic heterocycles. The minimum absolute atomic E-state index is 0.108. The Morgan fingerprint density at radius 2 is 1.81 bits per heavy atom. The molecule has 0 saturated heterocycles. The van der Waals surface area contributed by atoms with Gasteiger partial charge in [0.2, 0.25) is 0 Å². The molecule has 0 aliphatic heterocycles. The Balaban J connectivity index is 2.15. The number of carbonyl (C=O) groups is 1. The van der Waals surface area contributed by atoms with Gasteiger partial charge in [-0.3, -0.25) is 0 Å². The van der Waals surface area contributed by atoms with Crippen LogP contribution in [-0.2, 0) is 4.74 Å². The Hall–Kier alpha value is -3.80. The van der Waals surface area contributed by atoms with Crippen LogP contribution in [0.5, 0.6) is 0 Å². The molecule has 1 aromatic carbocycles. The molecule has 8 heteroatoms. The smallest absolute Gasteiger partial charge is 0.337 e. The number of nitrogens with one attached hydrogen (secondary N) is 1. The number of esters is 1. The number of nitriles is 3. The SMILES string of the molecule is COC(=O)c1ccnc(Sc2ccc(NC(C#N)=C(C#N)C#N)cc2)c1. The number of hydrogen-bond donors (Lipinski definition) is 1. The monoisotopic (exact) mass is 361 g/mol. The van der Waals surface area contributed by atoms with Gasteiger partial charge >= 0.3 is 5.97 Å². The molecule has 1 heterocycles. The maximum Gasteiger partial charge on any atom is 0.337 e. The maximum absolute atomic E-state index is 11.6. The third-order valence-electron chi connectivity index (χ3n) is 3.09. The van der Waals surface area contributed by atoms with E-state index in [9.17, 15) is 4.79 Å². The highest BCUT2D eigenvalue weighted by Gasteiger charge is 2.09. The zero-order valence-electron chi connectivity index (χ0n) is 13.6. The molecule has 7 nitrogen and oxygen atoms in total. The Morgan fingerprint density at radius 3 is 2.38 bits per heavy atom. The second kappa shape index (κ2) is 8.89. The van der Waals surface area contributed by atoms with Crippen molar-refractivity contribution >= 4 is 23.4 Å². The summed E-state index contributed by atoms with van der Waals surface area (Å²) in [6.07, 6.45) is 1.53. The van der Waals surface area contributed by atoms with Crippen LogP contribution in [0.3, 0.4) is 0 Å². The molecule has 2 rings (SSSR count). The van der Waals surface area contributed by atoms with Gasteiger partial charge in [-0.05, 0) is 36.4 Å². The summed E-state index contributed by atoms with van der Waals surface area (Å²) in [5, 5.41) is 30.1. The van der Waals surface area contributed by atoms with E-state index in [1.807, 2.05) is 0 Å². The summed E-state index contributed by atoms with van der Waals surface area (Å²) < 4.78 is 4.68. The van der Waals surface area contributed by atoms with Crippen molar-refractivity contribution in [1.82, 2.24) is 4.98 Å². The Bertz CT molecular complexity index is 962. The minimum atomic E-state index is -0.435. The van der Waals surface area contributed by atoms with Gasteiger partial charge in [-0.25, -0.2) is 9.78 Å². The fourth-order valence-electron chi connectivity index (χ4n) is 1.86. The van der Waals surface area contributed by atoms with Crippen LogP contribution in [-0.4, -0.2) is 18.1 Å². The Morgan fingerprint density at radius 1 is 1.12 bits per heavy atom. The lowest BCUT2D eigenvalue weighted by Gasteiger charge is -2.06. The highest BCUT2D eigenvalue weighted by molar-refractivity contribution is 7.99. The second-order valence-corrected chi connectivity index (χ2v) is 5.80. The number of ether oxygens (including phenoxy) is 1. The third kappa shape index (κ3) is 4.61. The summed E-state index contributed by atoms with van der Waals surface area (Å²) in [5.74, 6) is -0.435. The van der Waals surface area contributed by atoms with Crippen LogP contribution in [0.2, 0.25) is 0 Å². The van der Waals surface area contributed by atoms with E-state index in [0.29, 0.717) is 16.3 Å². The number of carbonyl (C=O) groups excluding carboxylic acids is 1. The number of hydrogen-bond acceptors (Lipinski definition) is 8. The molecule has 1 N–H and O–H groups in total. The van der Waals surface area contributed by atoms with Crippen molar-refractivity contribution in [3.05, 3.63) is 59.4 Å². The fourth-order valence-corrected chi connectivity index (χ4v) is 2.68. The molecular weight excluding hydrogens is 350 g/mol. The van der Waals surface area contributed by atoms with E-state index in [-0.39, 0.29) is 11.3 Å². The van der Waals surface area contributed by atoms with E-state index in [1.165, 1.54) is 25.1 Å². The van der Waals surface area contributed by atoms with E-state index >= 15 is 0 Å². The van der Waals surface area contributed by atoms with Crippen molar-refractivity contribution in [2.24, 2.45) is 0 Å². The van der Waals surface area contributed by atoms with Gasteiger partial charge in [0.15, 0.2) is 5.57 Å². The van der Waals surface area contributed by atoms with Gasteiger partial charge in [0.25, 0.3) is 0 Å². The normalized spacial score (nSPS) is 9.15. The van der Waals surface area contributed by atoms with E-state index in [1.54, 1.807) is 54.6 Å². The topological polar surface area (TPSA) is 123 Å². The molecule has 0 spiro atoms. The van der Waals surface area contributed by atoms with Crippen LogP contribution in [0.15, 0.2) is 63.8 Å². The quantitative estimate of drug-likeness (QED) is 0.636. The first kappa shape index (κ1) is 18.5. The molecule has 0 unspecified atom stereocenters. The summed E-state index contributed by atoms with van der Waals surface area (Å²) in [6, 6.07) is 15.3. The van der Waals surface area contributed by atoms with Gasteiger partial charge in [0.05, 0.1) is 12.7 Å². The molecule has 0 aliphatic rings. The van der Waals surface area contributed by atoms with Gasteiger partial charge in [0.1, 0.15) is 28.9 Å². The molecule has 0 atom stereocenters. The number of pyridine rings is 1. The predicted octanol–water partition coefficient (Wildman–Crippen LogP) is 3.26. The first-order valence-electron chi connectivity index (χ1n) is 7.15. The summed E-state index contributed by atoms with van der Waals surface area (Å²) in [5.41, 5.74) is 0.579. The highest BCUT2D eigenvalue weighted by atomic mass is 32.2. The van der Waals surface area contributed by atoms with Crippen LogP contribution in [0.25, 0.3) is 0 Å². The number of rotatable bonds is 5. The Kier molecular flexibility index (Phi) is 6.34. The first-order chi connectivity index (χ1) is 12.6. The molecule has 0 radical (unpaired) electrons. The van der Waals surface area contributed by atoms with E-state index in [2.05, 4.69) is 15.0 Å². The van der Waals surface area contributed by atoms with Crippen LogP contribution in [0.4, 0.5) is 5.69 Å². The van der Waals surface area contributed by atoms with Crippen molar-refractivity contribution in [2.75, 3.05) is 12.4 Å². The molecule has 0 bridgehead atoms. The number of benzene rings is 1. The molecule has 0 amide bonds. The summed E-state index contributed by atoms with van der Waals surface area (Å²) in [6.45, 7) is 0. The van der Waals surface area contributed by atoms with Crippen LogP contribution in [0.1, 0.15) is 10.4 Å². The van der Waals surface area contributed by atoms with Crippen molar-refractivity contribution in [1.29, 1.82) is 15.8 Å². The highest BCUT2D eigenvalue weighted by Crippen LogP contribution is 2.28. The van der Waals surface area contributed by atoms with Gasteiger partial charge in [-0.15, -0.1) is 0 Å². The fraction of sp³-hybridized carbons (Fsp3) is 0.0556. The summed E-state index contributed by atoms with van der Waals surface area (Å²) in [7, 11) is 1.31. The number of anilines is 1.